The third-order valence-corrected chi connectivity index (χ3v) is 3.88. The van der Waals surface area contributed by atoms with Crippen molar-refractivity contribution in [3.8, 4) is 5.75 Å². The van der Waals surface area contributed by atoms with Crippen LogP contribution in [-0.4, -0.2) is 24.0 Å². The number of amides is 1. The molecule has 1 aromatic rings. The second-order valence-corrected chi connectivity index (χ2v) is 5.24. The number of nitrogens with zero attached hydrogens (tertiary/aromatic N) is 1. The molecule has 1 amide bonds. The first-order valence-electron chi connectivity index (χ1n) is 6.89. The Balaban J connectivity index is 2.01. The van der Waals surface area contributed by atoms with Gasteiger partial charge in [-0.15, -0.1) is 0 Å². The van der Waals surface area contributed by atoms with Gasteiger partial charge in [-0.3, -0.25) is 14.9 Å². The number of rotatable bonds is 5. The molecule has 1 aliphatic carbocycles. The fourth-order valence-corrected chi connectivity index (χ4v) is 2.68. The molecule has 1 fully saturated rings. The van der Waals surface area contributed by atoms with Crippen LogP contribution in [0.1, 0.15) is 25.7 Å². The number of ether oxygens (including phenoxy) is 1. The van der Waals surface area contributed by atoms with Crippen molar-refractivity contribution in [2.45, 2.75) is 31.7 Å². The lowest BCUT2D eigenvalue weighted by Gasteiger charge is -2.28. The Morgan fingerprint density at radius 1 is 1.38 bits per heavy atom. The summed E-state index contributed by atoms with van der Waals surface area (Å²) in [4.78, 5) is 21.5. The molecule has 0 radical (unpaired) electrons. The van der Waals surface area contributed by atoms with Gasteiger partial charge < -0.3 is 15.8 Å². The lowest BCUT2D eigenvalue weighted by atomic mass is 9.85. The number of anilines is 1. The second kappa shape index (κ2) is 6.43. The summed E-state index contributed by atoms with van der Waals surface area (Å²) in [5.74, 6) is -0.0317. The van der Waals surface area contributed by atoms with Crippen molar-refractivity contribution < 1.29 is 14.5 Å². The number of nitro groups is 1. The number of nitrogens with two attached hydrogens (primary N) is 1. The molecule has 0 heterocycles. The van der Waals surface area contributed by atoms with E-state index in [2.05, 4.69) is 5.32 Å². The summed E-state index contributed by atoms with van der Waals surface area (Å²) in [6.45, 7) is 0. The molecular formula is C14H19N3O4. The van der Waals surface area contributed by atoms with Gasteiger partial charge in [-0.1, -0.05) is 0 Å². The van der Waals surface area contributed by atoms with Gasteiger partial charge in [-0.05, 0) is 31.7 Å². The van der Waals surface area contributed by atoms with Crippen LogP contribution in [0.5, 0.6) is 5.75 Å². The van der Waals surface area contributed by atoms with Crippen LogP contribution in [0.25, 0.3) is 0 Å². The summed E-state index contributed by atoms with van der Waals surface area (Å²) in [5, 5.41) is 14.2. The zero-order valence-corrected chi connectivity index (χ0v) is 11.9. The standard InChI is InChI=1S/C14H19N3O4/c1-21-13-8-11(6-7-12(13)17(19)20)16-10-4-2-9(3-5-10)14(15)18/h6-10,16H,2-5H2,1H3,(H2,15,18). The number of carbonyl (C=O) groups excluding carboxylic acids is 1. The average Bonchev–Trinajstić information content (AvgIpc) is 2.47. The summed E-state index contributed by atoms with van der Waals surface area (Å²) in [5.41, 5.74) is 6.03. The van der Waals surface area contributed by atoms with Gasteiger partial charge in [-0.25, -0.2) is 0 Å². The molecule has 0 saturated heterocycles. The van der Waals surface area contributed by atoms with Gasteiger partial charge in [0.05, 0.1) is 12.0 Å². The molecule has 7 nitrogen and oxygen atoms in total. The number of primary amides is 1. The molecule has 1 aliphatic rings. The van der Waals surface area contributed by atoms with Gasteiger partial charge in [0, 0.05) is 29.8 Å². The van der Waals surface area contributed by atoms with Crippen LogP contribution in [0.3, 0.4) is 0 Å². The number of carbonyl (C=O) groups is 1. The van der Waals surface area contributed by atoms with E-state index in [1.165, 1.54) is 13.2 Å². The first-order valence-corrected chi connectivity index (χ1v) is 6.89. The van der Waals surface area contributed by atoms with E-state index in [0.717, 1.165) is 31.4 Å². The van der Waals surface area contributed by atoms with Gasteiger partial charge in [0.2, 0.25) is 5.91 Å². The Hall–Kier alpha value is -2.31. The van der Waals surface area contributed by atoms with Gasteiger partial charge in [0.1, 0.15) is 0 Å². The molecule has 3 N–H and O–H groups in total. The topological polar surface area (TPSA) is 107 Å². The Bertz CT molecular complexity index is 539. The molecule has 1 aromatic carbocycles. The Morgan fingerprint density at radius 2 is 2.05 bits per heavy atom. The van der Waals surface area contributed by atoms with Crippen LogP contribution >= 0.6 is 0 Å². The van der Waals surface area contributed by atoms with E-state index in [1.807, 2.05) is 0 Å². The lowest BCUT2D eigenvalue weighted by Crippen LogP contribution is -2.32. The van der Waals surface area contributed by atoms with Crippen molar-refractivity contribution in [2.75, 3.05) is 12.4 Å². The predicted molar refractivity (Wildman–Crippen MR) is 78.2 cm³/mol. The molecule has 0 spiro atoms. The summed E-state index contributed by atoms with van der Waals surface area (Å²) in [7, 11) is 1.41. The predicted octanol–water partition coefficient (Wildman–Crippen LogP) is 2.06. The third-order valence-electron chi connectivity index (χ3n) is 3.88. The van der Waals surface area contributed by atoms with Crippen LogP contribution in [-0.2, 0) is 4.79 Å². The number of hydrogen-bond acceptors (Lipinski definition) is 5. The van der Waals surface area contributed by atoms with Crippen LogP contribution in [0.15, 0.2) is 18.2 Å². The van der Waals surface area contributed by atoms with Gasteiger partial charge in [-0.2, -0.15) is 0 Å². The number of methoxy groups -OCH3 is 1. The van der Waals surface area contributed by atoms with E-state index in [0.29, 0.717) is 0 Å². The SMILES string of the molecule is COc1cc(NC2CCC(C(N)=O)CC2)ccc1[N+](=O)[O-]. The largest absolute Gasteiger partial charge is 0.490 e. The Kier molecular flexibility index (Phi) is 4.62. The normalized spacial score (nSPS) is 21.6. The zero-order chi connectivity index (χ0) is 15.4. The maximum absolute atomic E-state index is 11.1. The number of nitro benzene ring substituents is 1. The van der Waals surface area contributed by atoms with Crippen molar-refractivity contribution >= 4 is 17.3 Å². The molecule has 2 rings (SSSR count). The minimum absolute atomic E-state index is 0.0329. The molecule has 0 aliphatic heterocycles. The highest BCUT2D eigenvalue weighted by atomic mass is 16.6. The third kappa shape index (κ3) is 3.62. The molecule has 7 heteroatoms. The highest BCUT2D eigenvalue weighted by molar-refractivity contribution is 5.76. The Labute approximate surface area is 122 Å². The molecule has 0 aromatic heterocycles. The van der Waals surface area contributed by atoms with E-state index < -0.39 is 4.92 Å². The zero-order valence-electron chi connectivity index (χ0n) is 11.9. The van der Waals surface area contributed by atoms with Gasteiger partial charge in [0.25, 0.3) is 0 Å². The second-order valence-electron chi connectivity index (χ2n) is 5.24. The van der Waals surface area contributed by atoms with Gasteiger partial charge >= 0.3 is 5.69 Å². The highest BCUT2D eigenvalue weighted by Crippen LogP contribution is 2.32. The van der Waals surface area contributed by atoms with Crippen LogP contribution in [0, 0.1) is 16.0 Å². The fraction of sp³-hybridized carbons (Fsp3) is 0.500. The molecular weight excluding hydrogens is 274 g/mol. The van der Waals surface area contributed by atoms with Gasteiger partial charge in [0.15, 0.2) is 5.75 Å². The van der Waals surface area contributed by atoms with E-state index in [1.54, 1.807) is 12.1 Å². The smallest absolute Gasteiger partial charge is 0.311 e. The Morgan fingerprint density at radius 3 is 2.57 bits per heavy atom. The van der Waals surface area contributed by atoms with Crippen molar-refractivity contribution in [2.24, 2.45) is 11.7 Å². The summed E-state index contributed by atoms with van der Waals surface area (Å²) in [6, 6.07) is 4.96. The molecule has 0 bridgehead atoms. The van der Waals surface area contributed by atoms with Crippen molar-refractivity contribution in [1.29, 1.82) is 0 Å². The van der Waals surface area contributed by atoms with Crippen molar-refractivity contribution in [3.63, 3.8) is 0 Å². The van der Waals surface area contributed by atoms with Crippen LogP contribution < -0.4 is 15.8 Å². The van der Waals surface area contributed by atoms with E-state index in [4.69, 9.17) is 10.5 Å². The molecule has 0 atom stereocenters. The first kappa shape index (κ1) is 15.1. The van der Waals surface area contributed by atoms with E-state index in [9.17, 15) is 14.9 Å². The lowest BCUT2D eigenvalue weighted by molar-refractivity contribution is -0.385. The first-order chi connectivity index (χ1) is 10.0. The minimum atomic E-state index is -0.472. The highest BCUT2D eigenvalue weighted by Gasteiger charge is 2.25. The van der Waals surface area contributed by atoms with E-state index >= 15 is 0 Å². The molecule has 0 unspecified atom stereocenters. The van der Waals surface area contributed by atoms with E-state index in [-0.39, 0.29) is 29.3 Å². The number of hydrogen-bond donors (Lipinski definition) is 2. The summed E-state index contributed by atoms with van der Waals surface area (Å²) < 4.78 is 5.04. The summed E-state index contributed by atoms with van der Waals surface area (Å²) in [6.07, 6.45) is 3.26. The number of nitrogens with one attached hydrogen (secondary N) is 1. The number of benzene rings is 1. The van der Waals surface area contributed by atoms with Crippen LogP contribution in [0.4, 0.5) is 11.4 Å². The summed E-state index contributed by atoms with van der Waals surface area (Å²) >= 11 is 0. The van der Waals surface area contributed by atoms with Crippen molar-refractivity contribution in [3.05, 3.63) is 28.3 Å². The molecule has 114 valence electrons. The average molecular weight is 293 g/mol. The van der Waals surface area contributed by atoms with Crippen molar-refractivity contribution in [1.82, 2.24) is 0 Å². The molecule has 1 saturated carbocycles. The maximum Gasteiger partial charge on any atom is 0.311 e. The monoisotopic (exact) mass is 293 g/mol. The fourth-order valence-electron chi connectivity index (χ4n) is 2.68. The quantitative estimate of drug-likeness (QED) is 0.638. The van der Waals surface area contributed by atoms with Crippen LogP contribution in [0.2, 0.25) is 0 Å². The minimum Gasteiger partial charge on any atom is -0.490 e. The maximum atomic E-state index is 11.1. The molecule has 21 heavy (non-hydrogen) atoms.